The first-order valence-electron chi connectivity index (χ1n) is 8.08. The van der Waals surface area contributed by atoms with Crippen molar-refractivity contribution in [2.75, 3.05) is 19.6 Å². The van der Waals surface area contributed by atoms with E-state index in [-0.39, 0.29) is 18.1 Å². The molecule has 7 nitrogen and oxygen atoms in total. The SMILES string of the molecule is CC(C)(C)OC(=O)NC[C@@H]1CCN(C(=O)OC(C)(C)C)C[C@H]1N. The summed E-state index contributed by atoms with van der Waals surface area (Å²) in [4.78, 5) is 25.4. The van der Waals surface area contributed by atoms with E-state index in [1.54, 1.807) is 4.90 Å². The van der Waals surface area contributed by atoms with Crippen LogP contribution in [0.1, 0.15) is 48.0 Å². The molecule has 0 aromatic rings. The van der Waals surface area contributed by atoms with E-state index in [0.29, 0.717) is 19.6 Å². The summed E-state index contributed by atoms with van der Waals surface area (Å²) in [6.45, 7) is 12.4. The third-order valence-corrected chi connectivity index (χ3v) is 3.37. The Labute approximate surface area is 138 Å². The van der Waals surface area contributed by atoms with Crippen molar-refractivity contribution in [1.82, 2.24) is 10.2 Å². The van der Waals surface area contributed by atoms with Crippen molar-refractivity contribution in [2.45, 2.75) is 65.2 Å². The van der Waals surface area contributed by atoms with Crippen molar-refractivity contribution in [1.29, 1.82) is 0 Å². The molecule has 23 heavy (non-hydrogen) atoms. The van der Waals surface area contributed by atoms with Crippen LogP contribution in [0.2, 0.25) is 0 Å². The van der Waals surface area contributed by atoms with Crippen molar-refractivity contribution in [3.05, 3.63) is 0 Å². The summed E-state index contributed by atoms with van der Waals surface area (Å²) in [5.74, 6) is 0.112. The molecule has 2 amide bonds. The fourth-order valence-electron chi connectivity index (χ4n) is 2.30. The van der Waals surface area contributed by atoms with Gasteiger partial charge in [-0.1, -0.05) is 0 Å². The monoisotopic (exact) mass is 329 g/mol. The first kappa shape index (κ1) is 19.5. The summed E-state index contributed by atoms with van der Waals surface area (Å²) in [5.41, 5.74) is 5.10. The van der Waals surface area contributed by atoms with Crippen LogP contribution in [0, 0.1) is 5.92 Å². The van der Waals surface area contributed by atoms with E-state index >= 15 is 0 Å². The Morgan fingerprint density at radius 3 is 2.17 bits per heavy atom. The average molecular weight is 329 g/mol. The molecule has 0 bridgehead atoms. The molecule has 3 N–H and O–H groups in total. The number of piperidine rings is 1. The molecule has 0 saturated carbocycles. The van der Waals surface area contributed by atoms with Gasteiger partial charge in [-0.3, -0.25) is 0 Å². The summed E-state index contributed by atoms with van der Waals surface area (Å²) in [6.07, 6.45) is -0.0679. The smallest absolute Gasteiger partial charge is 0.410 e. The zero-order valence-electron chi connectivity index (χ0n) is 15.1. The minimum atomic E-state index is -0.522. The highest BCUT2D eigenvalue weighted by molar-refractivity contribution is 5.68. The van der Waals surface area contributed by atoms with Gasteiger partial charge in [0.15, 0.2) is 0 Å². The number of likely N-dealkylation sites (tertiary alicyclic amines) is 1. The standard InChI is InChI=1S/C16H31N3O4/c1-15(2,3)22-13(20)18-9-11-7-8-19(10-12(11)17)14(21)23-16(4,5)6/h11-12H,7-10,17H2,1-6H3,(H,18,20)/t11-,12+/m0/s1. The van der Waals surface area contributed by atoms with Crippen LogP contribution in [0.4, 0.5) is 9.59 Å². The van der Waals surface area contributed by atoms with E-state index in [1.165, 1.54) is 0 Å². The second kappa shape index (κ2) is 7.38. The summed E-state index contributed by atoms with van der Waals surface area (Å²) in [6, 6.07) is -0.203. The highest BCUT2D eigenvalue weighted by Crippen LogP contribution is 2.19. The predicted octanol–water partition coefficient (Wildman–Crippen LogP) is 2.10. The number of nitrogens with two attached hydrogens (primary N) is 1. The molecule has 134 valence electrons. The molecule has 1 saturated heterocycles. The fraction of sp³-hybridized carbons (Fsp3) is 0.875. The molecule has 7 heteroatoms. The molecule has 0 radical (unpaired) electrons. The number of ether oxygens (including phenoxy) is 2. The first-order valence-corrected chi connectivity index (χ1v) is 8.08. The van der Waals surface area contributed by atoms with Crippen LogP contribution < -0.4 is 11.1 Å². The number of hydrogen-bond donors (Lipinski definition) is 2. The Morgan fingerprint density at radius 2 is 1.70 bits per heavy atom. The lowest BCUT2D eigenvalue weighted by atomic mass is 9.92. The number of nitrogens with one attached hydrogen (secondary N) is 1. The zero-order valence-corrected chi connectivity index (χ0v) is 15.1. The van der Waals surface area contributed by atoms with Crippen molar-refractivity contribution < 1.29 is 19.1 Å². The molecule has 1 rings (SSSR count). The van der Waals surface area contributed by atoms with Crippen molar-refractivity contribution in [3.8, 4) is 0 Å². The second-order valence-electron chi connectivity index (χ2n) is 8.02. The second-order valence-corrected chi connectivity index (χ2v) is 8.02. The van der Waals surface area contributed by atoms with Crippen LogP contribution in [0.25, 0.3) is 0 Å². The Balaban J connectivity index is 2.41. The lowest BCUT2D eigenvalue weighted by molar-refractivity contribution is 0.0152. The summed E-state index contributed by atoms with van der Waals surface area (Å²) >= 11 is 0. The van der Waals surface area contributed by atoms with Crippen LogP contribution >= 0.6 is 0 Å². The van der Waals surface area contributed by atoms with E-state index in [0.717, 1.165) is 6.42 Å². The lowest BCUT2D eigenvalue weighted by Crippen LogP contribution is -2.54. The summed E-state index contributed by atoms with van der Waals surface area (Å²) in [5, 5.41) is 2.75. The largest absolute Gasteiger partial charge is 0.444 e. The number of rotatable bonds is 2. The zero-order chi connectivity index (χ0) is 17.8. The van der Waals surface area contributed by atoms with E-state index in [9.17, 15) is 9.59 Å². The molecule has 0 aromatic heterocycles. The van der Waals surface area contributed by atoms with Gasteiger partial charge in [0.2, 0.25) is 0 Å². The molecule has 2 atom stereocenters. The third-order valence-electron chi connectivity index (χ3n) is 3.37. The van der Waals surface area contributed by atoms with Crippen LogP contribution in [-0.4, -0.2) is 54.0 Å². The van der Waals surface area contributed by atoms with Gasteiger partial charge in [0.05, 0.1) is 0 Å². The van der Waals surface area contributed by atoms with Gasteiger partial charge < -0.3 is 25.4 Å². The van der Waals surface area contributed by atoms with Crippen LogP contribution in [0.3, 0.4) is 0 Å². The molecule has 0 unspecified atom stereocenters. The van der Waals surface area contributed by atoms with Crippen LogP contribution in [0.5, 0.6) is 0 Å². The predicted molar refractivity (Wildman–Crippen MR) is 88.1 cm³/mol. The maximum Gasteiger partial charge on any atom is 0.410 e. The molecule has 1 fully saturated rings. The maximum atomic E-state index is 12.0. The molecule has 1 aliphatic rings. The Bertz CT molecular complexity index is 426. The third kappa shape index (κ3) is 7.54. The average Bonchev–Trinajstić information content (AvgIpc) is 2.33. The van der Waals surface area contributed by atoms with Crippen molar-refractivity contribution in [2.24, 2.45) is 11.7 Å². The van der Waals surface area contributed by atoms with Gasteiger partial charge in [0.25, 0.3) is 0 Å². The highest BCUT2D eigenvalue weighted by atomic mass is 16.6. The van der Waals surface area contributed by atoms with Crippen molar-refractivity contribution >= 4 is 12.2 Å². The normalized spacial score (nSPS) is 22.5. The minimum Gasteiger partial charge on any atom is -0.444 e. The van der Waals surface area contributed by atoms with Gasteiger partial charge >= 0.3 is 12.2 Å². The molecule has 0 spiro atoms. The van der Waals surface area contributed by atoms with E-state index in [4.69, 9.17) is 15.2 Å². The summed E-state index contributed by atoms with van der Waals surface area (Å²) < 4.78 is 10.6. The molecule has 0 aromatic carbocycles. The van der Waals surface area contributed by atoms with E-state index < -0.39 is 17.3 Å². The maximum absolute atomic E-state index is 12.0. The van der Waals surface area contributed by atoms with Gasteiger partial charge in [0.1, 0.15) is 11.2 Å². The van der Waals surface area contributed by atoms with E-state index in [2.05, 4.69) is 5.32 Å². The number of alkyl carbamates (subject to hydrolysis) is 1. The Hall–Kier alpha value is -1.50. The van der Waals surface area contributed by atoms with E-state index in [1.807, 2.05) is 41.5 Å². The Morgan fingerprint density at radius 1 is 1.13 bits per heavy atom. The topological polar surface area (TPSA) is 93.9 Å². The first-order chi connectivity index (χ1) is 10.4. The van der Waals surface area contributed by atoms with Crippen LogP contribution in [0.15, 0.2) is 0 Å². The van der Waals surface area contributed by atoms with Gasteiger partial charge in [-0.25, -0.2) is 9.59 Å². The molecule has 1 aliphatic heterocycles. The lowest BCUT2D eigenvalue weighted by Gasteiger charge is -2.37. The van der Waals surface area contributed by atoms with Gasteiger partial charge in [-0.2, -0.15) is 0 Å². The number of carbonyl (C=O) groups excluding carboxylic acids is 2. The minimum absolute atomic E-state index is 0.112. The quantitative estimate of drug-likeness (QED) is 0.809. The molecule has 1 heterocycles. The van der Waals surface area contributed by atoms with Crippen LogP contribution in [-0.2, 0) is 9.47 Å². The van der Waals surface area contributed by atoms with Gasteiger partial charge in [0, 0.05) is 25.7 Å². The van der Waals surface area contributed by atoms with Crippen molar-refractivity contribution in [3.63, 3.8) is 0 Å². The number of hydrogen-bond acceptors (Lipinski definition) is 5. The number of amides is 2. The number of nitrogens with zero attached hydrogens (tertiary/aromatic N) is 1. The van der Waals surface area contributed by atoms with Gasteiger partial charge in [-0.05, 0) is 53.9 Å². The van der Waals surface area contributed by atoms with Gasteiger partial charge in [-0.15, -0.1) is 0 Å². The molecular weight excluding hydrogens is 298 g/mol. The highest BCUT2D eigenvalue weighted by Gasteiger charge is 2.32. The fourth-order valence-corrected chi connectivity index (χ4v) is 2.30. The number of carbonyl (C=O) groups is 2. The summed E-state index contributed by atoms with van der Waals surface area (Å²) in [7, 11) is 0. The molecular formula is C16H31N3O4. The Kier molecular flexibility index (Phi) is 6.27. The molecule has 0 aliphatic carbocycles.